The summed E-state index contributed by atoms with van der Waals surface area (Å²) in [6.07, 6.45) is -2.61. The summed E-state index contributed by atoms with van der Waals surface area (Å²) in [5.41, 5.74) is 0. The topological polar surface area (TPSA) is 77.8 Å². The molecule has 72 valence electrons. The fraction of sp³-hybridized carbons (Fsp3) is 0.875. The maximum atomic E-state index is 11.0. The van der Waals surface area contributed by atoms with Crippen LogP contribution in [0.25, 0.3) is 0 Å². The summed E-state index contributed by atoms with van der Waals surface area (Å²) in [4.78, 5) is 11.0. The van der Waals surface area contributed by atoms with Crippen molar-refractivity contribution in [3.05, 3.63) is 0 Å². The molecule has 0 rings (SSSR count). The number of carbonyl (C=O) groups is 1. The molecule has 0 radical (unpaired) electrons. The second-order valence-electron chi connectivity index (χ2n) is 3.12. The average Bonchev–Trinajstić information content (AvgIpc) is 1.84. The zero-order valence-electron chi connectivity index (χ0n) is 7.40. The van der Waals surface area contributed by atoms with Gasteiger partial charge in [-0.1, -0.05) is 0 Å². The second-order valence-corrected chi connectivity index (χ2v) is 3.12. The fourth-order valence-corrected chi connectivity index (χ4v) is 0.882. The van der Waals surface area contributed by atoms with Gasteiger partial charge in [0.05, 0.1) is 12.2 Å². The van der Waals surface area contributed by atoms with E-state index in [2.05, 4.69) is 0 Å². The number of aliphatic hydroxyl groups excluding tert-OH is 3. The normalized spacial score (nSPS) is 18.4. The van der Waals surface area contributed by atoms with E-state index in [-0.39, 0.29) is 12.8 Å². The standard InChI is InChI=1S/C8H16O4/c1-5(9)3-7(11)8(12)4-6(2)10/h5-7,9-11H,3-4H2,1-2H3/t5-,6?,7-/m1/s1. The lowest BCUT2D eigenvalue weighted by Crippen LogP contribution is -2.27. The van der Waals surface area contributed by atoms with Gasteiger partial charge >= 0.3 is 0 Å². The SMILES string of the molecule is CC(O)CC(=O)[C@H](O)C[C@@H](C)O. The summed E-state index contributed by atoms with van der Waals surface area (Å²) in [6.45, 7) is 2.98. The molecular formula is C8H16O4. The molecule has 4 heteroatoms. The molecule has 1 unspecified atom stereocenters. The number of Topliss-reactive ketones (excluding diaryl/α,β-unsaturated/α-hetero) is 1. The third-order valence-corrected chi connectivity index (χ3v) is 1.43. The van der Waals surface area contributed by atoms with Crippen molar-refractivity contribution < 1.29 is 20.1 Å². The third-order valence-electron chi connectivity index (χ3n) is 1.43. The number of hydrogen-bond acceptors (Lipinski definition) is 4. The van der Waals surface area contributed by atoms with E-state index in [1.807, 2.05) is 0 Å². The molecule has 0 amide bonds. The van der Waals surface area contributed by atoms with Crippen LogP contribution in [0, 0.1) is 0 Å². The van der Waals surface area contributed by atoms with Crippen LogP contribution in [0.4, 0.5) is 0 Å². The van der Waals surface area contributed by atoms with Crippen molar-refractivity contribution in [1.82, 2.24) is 0 Å². The van der Waals surface area contributed by atoms with Gasteiger partial charge in [-0.25, -0.2) is 0 Å². The molecule has 12 heavy (non-hydrogen) atoms. The van der Waals surface area contributed by atoms with E-state index in [0.717, 1.165) is 0 Å². The Bertz CT molecular complexity index is 142. The van der Waals surface area contributed by atoms with E-state index in [1.165, 1.54) is 13.8 Å². The summed E-state index contributed by atoms with van der Waals surface area (Å²) in [5.74, 6) is -0.425. The third kappa shape index (κ3) is 5.23. The summed E-state index contributed by atoms with van der Waals surface area (Å²) in [6, 6.07) is 0. The molecule has 0 aliphatic rings. The molecule has 0 aromatic carbocycles. The predicted octanol–water partition coefficient (Wildman–Crippen LogP) is -0.542. The van der Waals surface area contributed by atoms with Crippen LogP contribution in [0.15, 0.2) is 0 Å². The van der Waals surface area contributed by atoms with Crippen LogP contribution >= 0.6 is 0 Å². The number of aliphatic hydroxyl groups is 3. The highest BCUT2D eigenvalue weighted by Crippen LogP contribution is 2.03. The van der Waals surface area contributed by atoms with Crippen LogP contribution in [0.3, 0.4) is 0 Å². The first kappa shape index (κ1) is 11.6. The van der Waals surface area contributed by atoms with E-state index in [1.54, 1.807) is 0 Å². The lowest BCUT2D eigenvalue weighted by molar-refractivity contribution is -0.130. The van der Waals surface area contributed by atoms with E-state index in [4.69, 9.17) is 15.3 Å². The first-order valence-corrected chi connectivity index (χ1v) is 4.00. The van der Waals surface area contributed by atoms with Gasteiger partial charge in [-0.2, -0.15) is 0 Å². The maximum Gasteiger partial charge on any atom is 0.163 e. The van der Waals surface area contributed by atoms with E-state index in [0.29, 0.717) is 0 Å². The van der Waals surface area contributed by atoms with E-state index in [9.17, 15) is 4.79 Å². The van der Waals surface area contributed by atoms with Crippen LogP contribution in [0.5, 0.6) is 0 Å². The molecule has 4 nitrogen and oxygen atoms in total. The molecule has 0 saturated carbocycles. The molecule has 0 heterocycles. The molecule has 0 spiro atoms. The van der Waals surface area contributed by atoms with Gasteiger partial charge < -0.3 is 15.3 Å². The zero-order chi connectivity index (χ0) is 9.72. The highest BCUT2D eigenvalue weighted by atomic mass is 16.3. The Kier molecular flexibility index (Phi) is 5.04. The number of carbonyl (C=O) groups excluding carboxylic acids is 1. The average molecular weight is 176 g/mol. The number of ketones is 1. The van der Waals surface area contributed by atoms with Gasteiger partial charge in [0, 0.05) is 12.8 Å². The highest BCUT2D eigenvalue weighted by Gasteiger charge is 2.18. The first-order valence-electron chi connectivity index (χ1n) is 4.00. The Balaban J connectivity index is 3.77. The lowest BCUT2D eigenvalue weighted by Gasteiger charge is -2.11. The molecule has 0 aliphatic heterocycles. The Morgan fingerprint density at radius 1 is 1.17 bits per heavy atom. The largest absolute Gasteiger partial charge is 0.393 e. The van der Waals surface area contributed by atoms with Crippen molar-refractivity contribution in [3.8, 4) is 0 Å². The Labute approximate surface area is 71.8 Å². The van der Waals surface area contributed by atoms with Crippen LogP contribution in [0.2, 0.25) is 0 Å². The number of rotatable bonds is 5. The maximum absolute atomic E-state index is 11.0. The molecule has 3 N–H and O–H groups in total. The minimum Gasteiger partial charge on any atom is -0.393 e. The quantitative estimate of drug-likeness (QED) is 0.525. The first-order chi connectivity index (χ1) is 5.43. The summed E-state index contributed by atoms with van der Waals surface area (Å²) in [7, 11) is 0. The fourth-order valence-electron chi connectivity index (χ4n) is 0.882. The van der Waals surface area contributed by atoms with E-state index < -0.39 is 24.1 Å². The minimum atomic E-state index is -1.15. The number of hydrogen-bond donors (Lipinski definition) is 3. The monoisotopic (exact) mass is 176 g/mol. The summed E-state index contributed by atoms with van der Waals surface area (Å²) >= 11 is 0. The van der Waals surface area contributed by atoms with Crippen molar-refractivity contribution in [2.75, 3.05) is 0 Å². The predicted molar refractivity (Wildman–Crippen MR) is 43.6 cm³/mol. The van der Waals surface area contributed by atoms with Crippen LogP contribution < -0.4 is 0 Å². The minimum absolute atomic E-state index is 0.0333. The van der Waals surface area contributed by atoms with Gasteiger partial charge in [-0.15, -0.1) is 0 Å². The van der Waals surface area contributed by atoms with Crippen LogP contribution in [0.1, 0.15) is 26.7 Å². The van der Waals surface area contributed by atoms with Crippen molar-refractivity contribution in [3.63, 3.8) is 0 Å². The van der Waals surface area contributed by atoms with Crippen molar-refractivity contribution in [2.45, 2.75) is 45.0 Å². The Hall–Kier alpha value is -0.450. The summed E-state index contributed by atoms with van der Waals surface area (Å²) < 4.78 is 0. The Morgan fingerprint density at radius 2 is 1.67 bits per heavy atom. The van der Waals surface area contributed by atoms with Crippen LogP contribution in [-0.2, 0) is 4.79 Å². The molecule has 0 saturated heterocycles. The van der Waals surface area contributed by atoms with Gasteiger partial charge in [0.2, 0.25) is 0 Å². The van der Waals surface area contributed by atoms with Crippen LogP contribution in [-0.4, -0.2) is 39.4 Å². The molecule has 0 bridgehead atoms. The van der Waals surface area contributed by atoms with Gasteiger partial charge in [0.1, 0.15) is 6.10 Å². The summed E-state index contributed by atoms with van der Waals surface area (Å²) in [5, 5.41) is 26.8. The highest BCUT2D eigenvalue weighted by molar-refractivity contribution is 5.83. The smallest absolute Gasteiger partial charge is 0.163 e. The molecule has 0 fully saturated rings. The van der Waals surface area contributed by atoms with E-state index >= 15 is 0 Å². The second kappa shape index (κ2) is 5.24. The van der Waals surface area contributed by atoms with Gasteiger partial charge in [0.25, 0.3) is 0 Å². The molecule has 0 aliphatic carbocycles. The van der Waals surface area contributed by atoms with Gasteiger partial charge in [-0.05, 0) is 13.8 Å². The van der Waals surface area contributed by atoms with Gasteiger partial charge in [-0.3, -0.25) is 4.79 Å². The molecular weight excluding hydrogens is 160 g/mol. The Morgan fingerprint density at radius 3 is 2.00 bits per heavy atom. The van der Waals surface area contributed by atoms with Crippen molar-refractivity contribution in [2.24, 2.45) is 0 Å². The molecule has 0 aromatic heterocycles. The van der Waals surface area contributed by atoms with Crippen molar-refractivity contribution >= 4 is 5.78 Å². The molecule has 0 aromatic rings. The van der Waals surface area contributed by atoms with Crippen molar-refractivity contribution in [1.29, 1.82) is 0 Å². The zero-order valence-corrected chi connectivity index (χ0v) is 7.40. The lowest BCUT2D eigenvalue weighted by atomic mass is 10.0. The molecule has 3 atom stereocenters. The van der Waals surface area contributed by atoms with Gasteiger partial charge in [0.15, 0.2) is 5.78 Å².